The fourth-order valence-corrected chi connectivity index (χ4v) is 8.93. The Kier molecular flexibility index (Phi) is 17.3. The Morgan fingerprint density at radius 1 is 0.353 bits per heavy atom. The van der Waals surface area contributed by atoms with Gasteiger partial charge in [-0.15, -0.1) is 0 Å². The number of hydrogen-bond acceptors (Lipinski definition) is 0. The molecule has 0 saturated heterocycles. The third-order valence-corrected chi connectivity index (χ3v) is 12.4. The summed E-state index contributed by atoms with van der Waals surface area (Å²) in [6.45, 7) is 14.6. The predicted octanol–water partition coefficient (Wildman–Crippen LogP) is 18.8. The number of rotatable bonds is 1. The van der Waals surface area contributed by atoms with Gasteiger partial charge in [-0.25, -0.2) is 0 Å². The van der Waals surface area contributed by atoms with Gasteiger partial charge in [0.15, 0.2) is 0 Å². The SMILES string of the molecule is C/C=C/C1=CCc2ccccc21.C1=Cc2ccccc2C1.CC.Cc1ccc2c(c1)-c1ccccc1-2.Cc1ccc2c(c1)-c1ccccc1C2.Cc1ccc2ccccc2c1.Cc1ccccc1. The van der Waals surface area contributed by atoms with Crippen molar-refractivity contribution in [3.8, 4) is 33.4 Å². The van der Waals surface area contributed by atoms with Gasteiger partial charge in [0.2, 0.25) is 0 Å². The van der Waals surface area contributed by atoms with Gasteiger partial charge in [-0.3, -0.25) is 0 Å². The van der Waals surface area contributed by atoms with Gasteiger partial charge in [-0.2, -0.15) is 0 Å². The normalized spacial score (nSPS) is 11.8. The largest absolute Gasteiger partial charge is 0.0871 e. The van der Waals surface area contributed by atoms with E-state index in [0.717, 1.165) is 19.3 Å². The van der Waals surface area contributed by atoms with Gasteiger partial charge in [0.1, 0.15) is 0 Å². The lowest BCUT2D eigenvalue weighted by Gasteiger charge is -2.23. The first-order valence-corrected chi connectivity index (χ1v) is 24.4. The molecule has 0 N–H and O–H groups in total. The van der Waals surface area contributed by atoms with E-state index in [-0.39, 0.29) is 0 Å². The van der Waals surface area contributed by atoms with Crippen LogP contribution >= 0.6 is 0 Å². The van der Waals surface area contributed by atoms with Crippen LogP contribution in [0.5, 0.6) is 0 Å². The van der Waals surface area contributed by atoms with E-state index in [1.54, 1.807) is 0 Å². The fourth-order valence-electron chi connectivity index (χ4n) is 8.93. The predicted molar refractivity (Wildman–Crippen MR) is 298 cm³/mol. The molecular weight excluding hydrogens is 817 g/mol. The maximum Gasteiger partial charge on any atom is -0.00135 e. The highest BCUT2D eigenvalue weighted by molar-refractivity contribution is 6.02. The second-order valence-electron chi connectivity index (χ2n) is 17.4. The topological polar surface area (TPSA) is 0 Å². The van der Waals surface area contributed by atoms with E-state index in [1.807, 2.05) is 32.0 Å². The van der Waals surface area contributed by atoms with Crippen LogP contribution in [0.1, 0.15) is 76.4 Å². The monoisotopic (exact) mass is 883 g/mol. The first kappa shape index (κ1) is 48.4. The molecule has 0 nitrogen and oxygen atoms in total. The van der Waals surface area contributed by atoms with Crippen molar-refractivity contribution in [1.29, 1.82) is 0 Å². The molecule has 0 spiro atoms. The van der Waals surface area contributed by atoms with Crippen molar-refractivity contribution in [2.75, 3.05) is 0 Å². The van der Waals surface area contributed by atoms with Gasteiger partial charge in [-0.1, -0.05) is 273 Å². The second-order valence-corrected chi connectivity index (χ2v) is 17.4. The summed E-state index contributed by atoms with van der Waals surface area (Å²) in [5.74, 6) is 0. The number of allylic oxidation sites excluding steroid dienone is 5. The summed E-state index contributed by atoms with van der Waals surface area (Å²) in [5.41, 5.74) is 23.8. The molecule has 0 aromatic heterocycles. The Hall–Kier alpha value is -7.54. The van der Waals surface area contributed by atoms with E-state index in [1.165, 1.54) is 105 Å². The van der Waals surface area contributed by atoms with Crippen LogP contribution in [-0.4, -0.2) is 0 Å². The van der Waals surface area contributed by atoms with Gasteiger partial charge in [0.05, 0.1) is 0 Å². The minimum Gasteiger partial charge on any atom is -0.0871 e. The molecule has 0 aliphatic heterocycles. The van der Waals surface area contributed by atoms with Crippen molar-refractivity contribution in [3.63, 3.8) is 0 Å². The number of aryl methyl sites for hydroxylation is 4. The third kappa shape index (κ3) is 12.5. The maximum atomic E-state index is 2.29. The van der Waals surface area contributed by atoms with Crippen LogP contribution in [0.15, 0.2) is 231 Å². The molecule has 4 aliphatic carbocycles. The van der Waals surface area contributed by atoms with E-state index in [4.69, 9.17) is 0 Å². The molecule has 0 saturated carbocycles. The minimum atomic E-state index is 1.09. The zero-order chi connectivity index (χ0) is 47.7. The van der Waals surface area contributed by atoms with Crippen LogP contribution in [0.2, 0.25) is 0 Å². The first-order chi connectivity index (χ1) is 33.3. The summed E-state index contributed by atoms with van der Waals surface area (Å²) in [6.07, 6.45) is 14.2. The highest BCUT2D eigenvalue weighted by Crippen LogP contribution is 2.47. The summed E-state index contributed by atoms with van der Waals surface area (Å²) in [7, 11) is 0. The van der Waals surface area contributed by atoms with Gasteiger partial charge in [-0.05, 0) is 137 Å². The molecule has 0 heteroatoms. The summed E-state index contributed by atoms with van der Waals surface area (Å²) in [5, 5.41) is 2.64. The molecule has 338 valence electrons. The Balaban J connectivity index is 0.000000121. The van der Waals surface area contributed by atoms with E-state index >= 15 is 0 Å². The highest BCUT2D eigenvalue weighted by atomic mass is 14.2. The third-order valence-electron chi connectivity index (χ3n) is 12.4. The second kappa shape index (κ2) is 24.3. The van der Waals surface area contributed by atoms with Gasteiger partial charge >= 0.3 is 0 Å². The molecular formula is C68H66. The lowest BCUT2D eigenvalue weighted by molar-refractivity contribution is 1.26. The van der Waals surface area contributed by atoms with E-state index < -0.39 is 0 Å². The number of hydrogen-bond donors (Lipinski definition) is 0. The molecule has 9 aromatic rings. The van der Waals surface area contributed by atoms with Gasteiger partial charge in [0, 0.05) is 0 Å². The van der Waals surface area contributed by atoms with Crippen molar-refractivity contribution in [2.45, 2.75) is 67.7 Å². The molecule has 0 amide bonds. The molecule has 13 rings (SSSR count). The van der Waals surface area contributed by atoms with Crippen molar-refractivity contribution >= 4 is 22.4 Å². The summed E-state index contributed by atoms with van der Waals surface area (Å²) < 4.78 is 0. The molecule has 68 heavy (non-hydrogen) atoms. The molecule has 0 heterocycles. The minimum absolute atomic E-state index is 1.09. The Labute approximate surface area is 407 Å². The number of fused-ring (bicyclic) bond motifs is 10. The van der Waals surface area contributed by atoms with Crippen molar-refractivity contribution in [2.24, 2.45) is 0 Å². The van der Waals surface area contributed by atoms with Crippen molar-refractivity contribution in [1.82, 2.24) is 0 Å². The van der Waals surface area contributed by atoms with Gasteiger partial charge in [0.25, 0.3) is 0 Å². The highest BCUT2D eigenvalue weighted by Gasteiger charge is 2.20. The molecule has 4 aliphatic rings. The van der Waals surface area contributed by atoms with Crippen molar-refractivity contribution < 1.29 is 0 Å². The lowest BCUT2D eigenvalue weighted by Crippen LogP contribution is -1.97. The van der Waals surface area contributed by atoms with Crippen LogP contribution in [0.3, 0.4) is 0 Å². The zero-order valence-electron chi connectivity index (χ0n) is 41.1. The average molecular weight is 883 g/mol. The van der Waals surface area contributed by atoms with Crippen LogP contribution in [0, 0.1) is 27.7 Å². The van der Waals surface area contributed by atoms with Crippen LogP contribution in [0.4, 0.5) is 0 Å². The summed E-state index contributed by atoms with van der Waals surface area (Å²) in [6, 6.07) is 72.9. The first-order valence-electron chi connectivity index (χ1n) is 24.4. The van der Waals surface area contributed by atoms with Crippen LogP contribution in [0.25, 0.3) is 55.8 Å². The summed E-state index contributed by atoms with van der Waals surface area (Å²) >= 11 is 0. The van der Waals surface area contributed by atoms with Crippen LogP contribution < -0.4 is 0 Å². The lowest BCUT2D eigenvalue weighted by atomic mass is 9.80. The number of benzene rings is 9. The zero-order valence-corrected chi connectivity index (χ0v) is 41.1. The maximum absolute atomic E-state index is 2.29. The van der Waals surface area contributed by atoms with E-state index in [2.05, 4.69) is 253 Å². The van der Waals surface area contributed by atoms with Gasteiger partial charge < -0.3 is 0 Å². The molecule has 0 bridgehead atoms. The fraction of sp³-hybridized carbons (Fsp3) is 0.147. The Morgan fingerprint density at radius 2 is 0.868 bits per heavy atom. The molecule has 0 fully saturated rings. The van der Waals surface area contributed by atoms with E-state index in [0.29, 0.717) is 0 Å². The smallest absolute Gasteiger partial charge is 0.00135 e. The van der Waals surface area contributed by atoms with Crippen LogP contribution in [-0.2, 0) is 19.3 Å². The molecule has 0 atom stereocenters. The Morgan fingerprint density at radius 3 is 1.56 bits per heavy atom. The molecule has 0 unspecified atom stereocenters. The summed E-state index contributed by atoms with van der Waals surface area (Å²) in [4.78, 5) is 0. The molecule has 0 radical (unpaired) electrons. The van der Waals surface area contributed by atoms with Crippen molar-refractivity contribution in [3.05, 3.63) is 286 Å². The molecule has 9 aromatic carbocycles. The average Bonchev–Trinajstić information content (AvgIpc) is 4.13. The quantitative estimate of drug-likeness (QED) is 0.154. The standard InChI is InChI=1S/C14H12.C13H10.C12H12.C11H10.C9H8.C7H8.C2H6/c1-10-6-7-12-9-11-4-2-3-5-13(11)14(12)8-10;1-9-6-7-12-10-4-2-3-5-11(10)13(12)8-9;1-2-5-10-8-9-11-6-3-4-7-12(10)11;1-9-6-7-10-4-2-3-5-11(10)8-9;1-2-5-9-7-3-6-8(9)4-1;1-7-5-3-2-4-6-7;1-2/h2-8H,9H2,1H3;2-8H,1H3;2-8H,9H2,1H3;2-8H,1H3;1-6H,7H2;2-6H,1H3;1-2H3/b;;5-2+;;;;. The van der Waals surface area contributed by atoms with E-state index in [9.17, 15) is 0 Å². The Bertz CT molecular complexity index is 3150.